The first kappa shape index (κ1) is 15.8. The normalized spacial score (nSPS) is 12.3. The molecule has 118 valence electrons. The molecule has 0 N–H and O–H groups in total. The third kappa shape index (κ3) is 4.46. The zero-order chi connectivity index (χ0) is 16.1. The third-order valence-electron chi connectivity index (χ3n) is 4.14. The Labute approximate surface area is 142 Å². The van der Waals surface area contributed by atoms with Crippen LogP contribution in [0.15, 0.2) is 67.3 Å². The van der Waals surface area contributed by atoms with Crippen LogP contribution in [0.5, 0.6) is 0 Å². The van der Waals surface area contributed by atoms with E-state index in [0.717, 1.165) is 24.4 Å². The van der Waals surface area contributed by atoms with Gasteiger partial charge in [-0.2, -0.15) is 0 Å². The molecule has 0 aliphatic carbocycles. The molecule has 0 amide bonds. The van der Waals surface area contributed by atoms with Gasteiger partial charge in [-0.3, -0.25) is 0 Å². The highest BCUT2D eigenvalue weighted by atomic mass is 35.5. The molecule has 3 rings (SSSR count). The minimum absolute atomic E-state index is 0.479. The molecule has 0 aliphatic heterocycles. The highest BCUT2D eigenvalue weighted by Gasteiger charge is 2.13. The standard InChI is InChI=1S/C20H21ClN2/c1-16-6-8-17(9-7-16)12-18(14-23-11-10-22-15-23)13-19-4-2-3-5-20(19)21/h2-11,15,18H,12-14H2,1H3. The molecule has 0 saturated carbocycles. The lowest BCUT2D eigenvalue weighted by Crippen LogP contribution is -2.15. The number of hydrogen-bond acceptors (Lipinski definition) is 1. The second-order valence-electron chi connectivity index (χ2n) is 6.11. The first-order valence-electron chi connectivity index (χ1n) is 7.95. The van der Waals surface area contributed by atoms with E-state index in [-0.39, 0.29) is 0 Å². The quantitative estimate of drug-likeness (QED) is 0.627. The van der Waals surface area contributed by atoms with Gasteiger partial charge in [-0.25, -0.2) is 4.98 Å². The molecule has 0 aliphatic rings. The van der Waals surface area contributed by atoms with Gasteiger partial charge in [0, 0.05) is 24.0 Å². The number of aryl methyl sites for hydroxylation is 1. The van der Waals surface area contributed by atoms with E-state index in [2.05, 4.69) is 52.9 Å². The Morgan fingerprint density at radius 2 is 1.83 bits per heavy atom. The van der Waals surface area contributed by atoms with E-state index in [9.17, 15) is 0 Å². The number of benzene rings is 2. The van der Waals surface area contributed by atoms with Gasteiger partial charge >= 0.3 is 0 Å². The molecule has 0 bridgehead atoms. The molecule has 0 saturated heterocycles. The Morgan fingerprint density at radius 3 is 2.52 bits per heavy atom. The molecule has 2 aromatic carbocycles. The second-order valence-corrected chi connectivity index (χ2v) is 6.52. The van der Waals surface area contributed by atoms with E-state index in [1.165, 1.54) is 16.7 Å². The van der Waals surface area contributed by atoms with Crippen LogP contribution in [0.4, 0.5) is 0 Å². The van der Waals surface area contributed by atoms with E-state index in [0.29, 0.717) is 5.92 Å². The summed E-state index contributed by atoms with van der Waals surface area (Å²) in [7, 11) is 0. The molecule has 1 unspecified atom stereocenters. The largest absolute Gasteiger partial charge is 0.337 e. The van der Waals surface area contributed by atoms with Gasteiger partial charge in [-0.1, -0.05) is 59.6 Å². The summed E-state index contributed by atoms with van der Waals surface area (Å²) in [5.41, 5.74) is 3.88. The fraction of sp³-hybridized carbons (Fsp3) is 0.250. The average Bonchev–Trinajstić information content (AvgIpc) is 3.05. The SMILES string of the molecule is Cc1ccc(CC(Cc2ccccc2Cl)Cn2ccnc2)cc1. The van der Waals surface area contributed by atoms with Crippen LogP contribution in [0.25, 0.3) is 0 Å². The van der Waals surface area contributed by atoms with Gasteiger partial charge in [0.1, 0.15) is 0 Å². The third-order valence-corrected chi connectivity index (χ3v) is 4.51. The number of halogens is 1. The van der Waals surface area contributed by atoms with Gasteiger partial charge in [-0.05, 0) is 42.9 Å². The van der Waals surface area contributed by atoms with Crippen molar-refractivity contribution in [3.63, 3.8) is 0 Å². The molecular weight excluding hydrogens is 304 g/mol. The highest BCUT2D eigenvalue weighted by Crippen LogP contribution is 2.22. The summed E-state index contributed by atoms with van der Waals surface area (Å²) in [6.07, 6.45) is 7.73. The molecule has 3 heteroatoms. The van der Waals surface area contributed by atoms with Crippen molar-refractivity contribution < 1.29 is 0 Å². The van der Waals surface area contributed by atoms with Crippen molar-refractivity contribution in [2.24, 2.45) is 5.92 Å². The Balaban J connectivity index is 1.78. The van der Waals surface area contributed by atoms with Gasteiger partial charge in [0.05, 0.1) is 6.33 Å². The molecule has 3 aromatic rings. The van der Waals surface area contributed by atoms with Gasteiger partial charge in [0.2, 0.25) is 0 Å². The number of imidazole rings is 1. The molecular formula is C20H21ClN2. The van der Waals surface area contributed by atoms with Crippen LogP contribution in [-0.4, -0.2) is 9.55 Å². The van der Waals surface area contributed by atoms with Gasteiger partial charge < -0.3 is 4.57 Å². The number of hydrogen-bond donors (Lipinski definition) is 0. The van der Waals surface area contributed by atoms with Gasteiger partial charge in [0.25, 0.3) is 0 Å². The fourth-order valence-electron chi connectivity index (χ4n) is 2.93. The summed E-state index contributed by atoms with van der Waals surface area (Å²) in [5.74, 6) is 0.479. The lowest BCUT2D eigenvalue weighted by atomic mass is 9.92. The predicted molar refractivity (Wildman–Crippen MR) is 95.8 cm³/mol. The van der Waals surface area contributed by atoms with E-state index < -0.39 is 0 Å². The summed E-state index contributed by atoms with van der Waals surface area (Å²) in [4.78, 5) is 4.16. The van der Waals surface area contributed by atoms with Crippen LogP contribution in [-0.2, 0) is 19.4 Å². The smallest absolute Gasteiger partial charge is 0.0946 e. The first-order chi connectivity index (χ1) is 11.2. The summed E-state index contributed by atoms with van der Waals surface area (Å²) in [6, 6.07) is 16.9. The topological polar surface area (TPSA) is 17.8 Å². The second kappa shape index (κ2) is 7.47. The summed E-state index contributed by atoms with van der Waals surface area (Å²) < 4.78 is 2.15. The maximum Gasteiger partial charge on any atom is 0.0946 e. The number of rotatable bonds is 6. The number of nitrogens with zero attached hydrogens (tertiary/aromatic N) is 2. The Bertz CT molecular complexity index is 733. The van der Waals surface area contributed by atoms with Crippen LogP contribution in [0.2, 0.25) is 5.02 Å². The molecule has 2 nitrogen and oxygen atoms in total. The monoisotopic (exact) mass is 324 g/mol. The molecule has 1 aromatic heterocycles. The Kier molecular flexibility index (Phi) is 5.14. The minimum Gasteiger partial charge on any atom is -0.337 e. The fourth-order valence-corrected chi connectivity index (χ4v) is 3.14. The molecule has 0 radical (unpaired) electrons. The zero-order valence-corrected chi connectivity index (χ0v) is 14.1. The van der Waals surface area contributed by atoms with Gasteiger partial charge in [-0.15, -0.1) is 0 Å². The molecule has 1 atom stereocenters. The predicted octanol–water partition coefficient (Wildman–Crippen LogP) is 4.95. The zero-order valence-electron chi connectivity index (χ0n) is 13.3. The van der Waals surface area contributed by atoms with Gasteiger partial charge in [0.15, 0.2) is 0 Å². The summed E-state index contributed by atoms with van der Waals surface area (Å²) in [5, 5.41) is 0.854. The van der Waals surface area contributed by atoms with E-state index in [1.54, 1.807) is 0 Å². The van der Waals surface area contributed by atoms with Crippen molar-refractivity contribution in [3.8, 4) is 0 Å². The van der Waals surface area contributed by atoms with Crippen molar-refractivity contribution in [2.45, 2.75) is 26.3 Å². The minimum atomic E-state index is 0.479. The van der Waals surface area contributed by atoms with Crippen molar-refractivity contribution >= 4 is 11.6 Å². The molecule has 0 fully saturated rings. The van der Waals surface area contributed by atoms with Crippen molar-refractivity contribution in [1.29, 1.82) is 0 Å². The first-order valence-corrected chi connectivity index (χ1v) is 8.33. The van der Waals surface area contributed by atoms with Crippen molar-refractivity contribution in [2.75, 3.05) is 0 Å². The maximum absolute atomic E-state index is 6.35. The molecule has 23 heavy (non-hydrogen) atoms. The van der Waals surface area contributed by atoms with Crippen LogP contribution >= 0.6 is 11.6 Å². The highest BCUT2D eigenvalue weighted by molar-refractivity contribution is 6.31. The van der Waals surface area contributed by atoms with E-state index in [1.807, 2.05) is 30.9 Å². The Hall–Kier alpha value is -2.06. The van der Waals surface area contributed by atoms with Crippen LogP contribution in [0, 0.1) is 12.8 Å². The Morgan fingerprint density at radius 1 is 1.04 bits per heavy atom. The van der Waals surface area contributed by atoms with Crippen LogP contribution in [0.3, 0.4) is 0 Å². The van der Waals surface area contributed by atoms with E-state index >= 15 is 0 Å². The number of aromatic nitrogens is 2. The van der Waals surface area contributed by atoms with Crippen molar-refractivity contribution in [1.82, 2.24) is 9.55 Å². The maximum atomic E-state index is 6.35. The molecule has 0 spiro atoms. The van der Waals surface area contributed by atoms with E-state index in [4.69, 9.17) is 11.6 Å². The average molecular weight is 325 g/mol. The molecule has 1 heterocycles. The lowest BCUT2D eigenvalue weighted by molar-refractivity contribution is 0.438. The van der Waals surface area contributed by atoms with Crippen molar-refractivity contribution in [3.05, 3.63) is 89.0 Å². The summed E-state index contributed by atoms with van der Waals surface area (Å²) >= 11 is 6.35. The summed E-state index contributed by atoms with van der Waals surface area (Å²) in [6.45, 7) is 3.07. The lowest BCUT2D eigenvalue weighted by Gasteiger charge is -2.19. The van der Waals surface area contributed by atoms with Crippen LogP contribution < -0.4 is 0 Å². The van der Waals surface area contributed by atoms with Crippen LogP contribution in [0.1, 0.15) is 16.7 Å².